The molecule has 0 saturated heterocycles. The fourth-order valence-corrected chi connectivity index (χ4v) is 3.06. The van der Waals surface area contributed by atoms with Crippen LogP contribution < -0.4 is 11.1 Å². The highest BCUT2D eigenvalue weighted by molar-refractivity contribution is 5.81. The van der Waals surface area contributed by atoms with Crippen LogP contribution in [0.4, 0.5) is 5.82 Å². The minimum absolute atomic E-state index is 0.0331. The molecule has 2 heterocycles. The van der Waals surface area contributed by atoms with Gasteiger partial charge in [0.25, 0.3) is 0 Å². The quantitative estimate of drug-likeness (QED) is 0.689. The fourth-order valence-electron chi connectivity index (χ4n) is 3.06. The maximum absolute atomic E-state index is 10.6. The van der Waals surface area contributed by atoms with Crippen LogP contribution in [0.2, 0.25) is 0 Å². The second-order valence-corrected chi connectivity index (χ2v) is 5.32. The van der Waals surface area contributed by atoms with E-state index in [1.807, 2.05) is 11.6 Å². The summed E-state index contributed by atoms with van der Waals surface area (Å²) in [6.45, 7) is 0. The number of anilines is 1. The van der Waals surface area contributed by atoms with Crippen molar-refractivity contribution in [2.75, 3.05) is 12.8 Å². The van der Waals surface area contributed by atoms with Crippen molar-refractivity contribution in [1.29, 1.82) is 0 Å². The molecule has 7 heteroatoms. The van der Waals surface area contributed by atoms with Crippen LogP contribution in [0.15, 0.2) is 12.7 Å². The van der Waals surface area contributed by atoms with Gasteiger partial charge in [-0.05, 0) is 19.9 Å². The van der Waals surface area contributed by atoms with E-state index >= 15 is 0 Å². The van der Waals surface area contributed by atoms with E-state index in [2.05, 4.69) is 20.3 Å². The number of aromatic nitrogens is 4. The highest BCUT2D eigenvalue weighted by Gasteiger charge is 2.31. The van der Waals surface area contributed by atoms with Gasteiger partial charge in [-0.15, -0.1) is 0 Å². The summed E-state index contributed by atoms with van der Waals surface area (Å²) in [5.41, 5.74) is 7.11. The average molecular weight is 276 g/mol. The van der Waals surface area contributed by atoms with Crippen LogP contribution >= 0.6 is 0 Å². The topological polar surface area (TPSA) is 102 Å². The zero-order valence-electron chi connectivity index (χ0n) is 11.5. The molecule has 0 unspecified atom stereocenters. The Balaban J connectivity index is 2.02. The highest BCUT2D eigenvalue weighted by atomic mass is 16.3. The van der Waals surface area contributed by atoms with Gasteiger partial charge in [0.15, 0.2) is 11.5 Å². The molecule has 3 rings (SSSR count). The van der Waals surface area contributed by atoms with E-state index in [1.165, 1.54) is 6.33 Å². The first kappa shape index (κ1) is 13.3. The number of nitrogens with two attached hydrogens (primary N) is 1. The van der Waals surface area contributed by atoms with Gasteiger partial charge in [0.2, 0.25) is 0 Å². The van der Waals surface area contributed by atoms with Crippen LogP contribution in [-0.4, -0.2) is 43.8 Å². The minimum atomic E-state index is -0.462. The van der Waals surface area contributed by atoms with Gasteiger partial charge in [-0.2, -0.15) is 0 Å². The molecule has 1 aliphatic rings. The Morgan fingerprint density at radius 3 is 2.90 bits per heavy atom. The third kappa shape index (κ3) is 2.12. The summed E-state index contributed by atoms with van der Waals surface area (Å²) in [6.07, 6.45) is 6.78. The fraction of sp³-hybridized carbons (Fsp3) is 0.615. The van der Waals surface area contributed by atoms with E-state index in [1.54, 1.807) is 6.33 Å². The van der Waals surface area contributed by atoms with Crippen LogP contribution in [-0.2, 0) is 0 Å². The van der Waals surface area contributed by atoms with Crippen molar-refractivity contribution in [2.45, 2.75) is 43.9 Å². The predicted molar refractivity (Wildman–Crippen MR) is 76.1 cm³/mol. The first-order valence-electron chi connectivity index (χ1n) is 7.00. The summed E-state index contributed by atoms with van der Waals surface area (Å²) in [4.78, 5) is 12.5. The molecule has 0 amide bonds. The van der Waals surface area contributed by atoms with Gasteiger partial charge >= 0.3 is 0 Å². The summed E-state index contributed by atoms with van der Waals surface area (Å²) >= 11 is 0. The molecule has 108 valence electrons. The number of hydrogen-bond acceptors (Lipinski definition) is 6. The van der Waals surface area contributed by atoms with Crippen molar-refractivity contribution in [2.24, 2.45) is 0 Å². The summed E-state index contributed by atoms with van der Waals surface area (Å²) in [7, 11) is 1.89. The molecule has 0 aromatic carbocycles. The average Bonchev–Trinajstić information content (AvgIpc) is 2.79. The number of aliphatic hydroxyl groups is 1. The lowest BCUT2D eigenvalue weighted by Gasteiger charge is -2.28. The summed E-state index contributed by atoms with van der Waals surface area (Å²) in [6, 6.07) is 0.0633. The molecule has 2 aromatic rings. The molecule has 0 spiro atoms. The van der Waals surface area contributed by atoms with E-state index in [4.69, 9.17) is 5.73 Å². The molecule has 1 fully saturated rings. The number of nitrogens with zero attached hydrogens (tertiary/aromatic N) is 4. The first-order valence-corrected chi connectivity index (χ1v) is 7.00. The van der Waals surface area contributed by atoms with Gasteiger partial charge in [0.05, 0.1) is 18.5 Å². The van der Waals surface area contributed by atoms with Gasteiger partial charge in [-0.3, -0.25) is 0 Å². The van der Waals surface area contributed by atoms with Crippen LogP contribution in [0.3, 0.4) is 0 Å². The van der Waals surface area contributed by atoms with E-state index in [0.29, 0.717) is 17.0 Å². The Morgan fingerprint density at radius 2 is 2.10 bits per heavy atom. The number of fused-ring (bicyclic) bond motifs is 1. The minimum Gasteiger partial charge on any atom is -0.389 e. The summed E-state index contributed by atoms with van der Waals surface area (Å²) in [5, 5.41) is 13.8. The maximum Gasteiger partial charge on any atom is 0.165 e. The Morgan fingerprint density at radius 1 is 1.30 bits per heavy atom. The van der Waals surface area contributed by atoms with Crippen LogP contribution in [0, 0.1) is 0 Å². The number of rotatable bonds is 2. The van der Waals surface area contributed by atoms with E-state index < -0.39 is 6.10 Å². The number of likely N-dealkylation sites (N-methyl/N-ethyl adjacent to an activating group) is 1. The largest absolute Gasteiger partial charge is 0.389 e. The molecule has 0 aliphatic heterocycles. The van der Waals surface area contributed by atoms with Crippen molar-refractivity contribution in [3.05, 3.63) is 12.7 Å². The third-order valence-electron chi connectivity index (χ3n) is 4.19. The predicted octanol–water partition coefficient (Wildman–Crippen LogP) is 0.472. The van der Waals surface area contributed by atoms with Gasteiger partial charge < -0.3 is 20.7 Å². The van der Waals surface area contributed by atoms with Gasteiger partial charge in [-0.1, -0.05) is 12.8 Å². The Kier molecular flexibility index (Phi) is 3.54. The number of nitrogens with one attached hydrogen (secondary N) is 1. The Labute approximate surface area is 117 Å². The van der Waals surface area contributed by atoms with Crippen molar-refractivity contribution < 1.29 is 5.11 Å². The first-order chi connectivity index (χ1) is 9.72. The number of nitrogen functional groups attached to an aromatic ring is 1. The highest BCUT2D eigenvalue weighted by Crippen LogP contribution is 2.30. The van der Waals surface area contributed by atoms with Crippen LogP contribution in [0.1, 0.15) is 31.7 Å². The molecule has 1 aliphatic carbocycles. The van der Waals surface area contributed by atoms with E-state index in [9.17, 15) is 5.11 Å². The summed E-state index contributed by atoms with van der Waals surface area (Å²) in [5.74, 6) is 0.377. The molecule has 0 radical (unpaired) electrons. The monoisotopic (exact) mass is 276 g/mol. The second kappa shape index (κ2) is 5.34. The van der Waals surface area contributed by atoms with Crippen molar-refractivity contribution in [1.82, 2.24) is 24.8 Å². The lowest BCUT2D eigenvalue weighted by Crippen LogP contribution is -2.41. The van der Waals surface area contributed by atoms with Gasteiger partial charge in [0, 0.05) is 6.04 Å². The van der Waals surface area contributed by atoms with Gasteiger partial charge in [-0.25, -0.2) is 15.0 Å². The molecule has 1 saturated carbocycles. The molecule has 0 bridgehead atoms. The molecule has 4 N–H and O–H groups in total. The smallest absolute Gasteiger partial charge is 0.165 e. The number of imidazole rings is 1. The molecule has 7 nitrogen and oxygen atoms in total. The van der Waals surface area contributed by atoms with Crippen molar-refractivity contribution in [3.63, 3.8) is 0 Å². The standard InChI is InChI=1S/C13H20N6O/c1-15-8-4-2-3-5-9(11(8)20)19-7-18-10-12(14)16-6-17-13(10)19/h6-9,11,15,20H,2-5H2,1H3,(H2,14,16,17)/t8-,9-,11-/m0/s1. The third-order valence-corrected chi connectivity index (χ3v) is 4.19. The summed E-state index contributed by atoms with van der Waals surface area (Å²) < 4.78 is 1.94. The molecular formula is C13H20N6O. The van der Waals surface area contributed by atoms with E-state index in [0.717, 1.165) is 25.7 Å². The molecular weight excluding hydrogens is 256 g/mol. The lowest BCUT2D eigenvalue weighted by atomic mass is 10.0. The van der Waals surface area contributed by atoms with Crippen LogP contribution in [0.5, 0.6) is 0 Å². The van der Waals surface area contributed by atoms with Gasteiger partial charge in [0.1, 0.15) is 11.8 Å². The van der Waals surface area contributed by atoms with E-state index in [-0.39, 0.29) is 12.1 Å². The maximum atomic E-state index is 10.6. The zero-order chi connectivity index (χ0) is 14.1. The molecule has 20 heavy (non-hydrogen) atoms. The van der Waals surface area contributed by atoms with Crippen molar-refractivity contribution in [3.8, 4) is 0 Å². The van der Waals surface area contributed by atoms with Crippen molar-refractivity contribution >= 4 is 17.0 Å². The number of aliphatic hydroxyl groups excluding tert-OH is 1. The molecule has 3 atom stereocenters. The Bertz CT molecular complexity index is 598. The zero-order valence-corrected chi connectivity index (χ0v) is 11.5. The second-order valence-electron chi connectivity index (χ2n) is 5.32. The number of hydrogen-bond donors (Lipinski definition) is 3. The normalized spacial score (nSPS) is 27.6. The lowest BCUT2D eigenvalue weighted by molar-refractivity contribution is 0.0792. The van der Waals surface area contributed by atoms with Crippen LogP contribution in [0.25, 0.3) is 11.2 Å². The Hall–Kier alpha value is -1.73. The molecule has 2 aromatic heterocycles. The SMILES string of the molecule is CN[C@H]1CCCC[C@H](n2cnc3c(N)ncnc32)[C@H]1O.